The summed E-state index contributed by atoms with van der Waals surface area (Å²) < 4.78 is 16.0. The summed E-state index contributed by atoms with van der Waals surface area (Å²) in [6, 6.07) is 0.907. The fourth-order valence-electron chi connectivity index (χ4n) is 1.54. The van der Waals surface area contributed by atoms with Crippen LogP contribution in [-0.4, -0.2) is 40.4 Å². The zero-order valence-electron chi connectivity index (χ0n) is 12.5. The van der Waals surface area contributed by atoms with E-state index in [4.69, 9.17) is 13.3 Å². The molecule has 0 saturated heterocycles. The van der Waals surface area contributed by atoms with E-state index < -0.39 is 8.80 Å². The minimum atomic E-state index is -2.31. The first-order valence-electron chi connectivity index (χ1n) is 6.49. The normalized spacial score (nSPS) is 10.6. The smallest absolute Gasteiger partial charge is 0.377 e. The molecular weight excluding hydrogens is 260 g/mol. The van der Waals surface area contributed by atoms with Gasteiger partial charge in [0.05, 0.1) is 0 Å². The molecule has 0 aromatic carbocycles. The van der Waals surface area contributed by atoms with Crippen LogP contribution in [0.25, 0.3) is 0 Å². The van der Waals surface area contributed by atoms with Gasteiger partial charge in [0.15, 0.2) is 0 Å². The van der Waals surface area contributed by atoms with E-state index in [1.54, 1.807) is 21.3 Å². The Balaban J connectivity index is 0. The van der Waals surface area contributed by atoms with Crippen molar-refractivity contribution < 1.29 is 13.3 Å². The van der Waals surface area contributed by atoms with Gasteiger partial charge >= 0.3 is 8.80 Å². The second kappa shape index (κ2) is 14.9. The van der Waals surface area contributed by atoms with E-state index in [0.29, 0.717) is 0 Å². The van der Waals surface area contributed by atoms with Crippen molar-refractivity contribution in [2.75, 3.05) is 21.3 Å². The third-order valence-electron chi connectivity index (χ3n) is 2.57. The first-order chi connectivity index (χ1) is 8.66. The van der Waals surface area contributed by atoms with Crippen LogP contribution in [0.5, 0.6) is 0 Å². The van der Waals surface area contributed by atoms with Gasteiger partial charge in [0.1, 0.15) is 0 Å². The predicted molar refractivity (Wildman–Crippen MR) is 85.0 cm³/mol. The zero-order chi connectivity index (χ0) is 14.3. The summed E-state index contributed by atoms with van der Waals surface area (Å²) >= 11 is 0. The molecule has 0 saturated carbocycles. The average Bonchev–Trinajstić information content (AvgIpc) is 2.40. The lowest BCUT2D eigenvalue weighted by molar-refractivity contribution is 0.122. The van der Waals surface area contributed by atoms with Gasteiger partial charge in [0.2, 0.25) is 0 Å². The Bertz CT molecular complexity index is 186. The van der Waals surface area contributed by atoms with Gasteiger partial charge in [0, 0.05) is 37.6 Å². The molecule has 0 N–H and O–H groups in total. The summed E-state index contributed by atoms with van der Waals surface area (Å²) in [5.41, 5.74) is 1.89. The second-order valence-corrected chi connectivity index (χ2v) is 7.85. The summed E-state index contributed by atoms with van der Waals surface area (Å²) in [7, 11) is 3.82. The van der Waals surface area contributed by atoms with Gasteiger partial charge in [-0.25, -0.2) is 0 Å². The molecule has 5 heteroatoms. The maximum atomic E-state index is 5.34. The van der Waals surface area contributed by atoms with Crippen LogP contribution in [0.3, 0.4) is 0 Å². The Morgan fingerprint density at radius 2 is 1.39 bits per heavy atom. The second-order valence-electron chi connectivity index (χ2n) is 3.95. The lowest BCUT2D eigenvalue weighted by atomic mass is 10.1. The third kappa shape index (κ3) is 10.9. The number of allylic oxidation sites excluding steroid dienone is 1. The maximum Gasteiger partial charge on any atom is 0.500 e. The summed E-state index contributed by atoms with van der Waals surface area (Å²) in [6.07, 6.45) is 7.87. The molecule has 18 heavy (non-hydrogen) atoms. The van der Waals surface area contributed by atoms with E-state index in [2.05, 4.69) is 13.2 Å². The number of rotatable bonds is 10. The third-order valence-corrected chi connectivity index (χ3v) is 5.41. The van der Waals surface area contributed by atoms with Crippen LogP contribution in [0.1, 0.15) is 32.1 Å². The molecule has 0 aliphatic rings. The SMILES string of the molecule is C=CCCCCCC[Si](OC)(OC)OC.C=C[SiH3]. The Morgan fingerprint density at radius 1 is 0.944 bits per heavy atom. The van der Waals surface area contributed by atoms with Crippen LogP contribution in [0.15, 0.2) is 24.9 Å². The number of hydrogen-bond acceptors (Lipinski definition) is 3. The molecule has 0 amide bonds. The van der Waals surface area contributed by atoms with Crippen LogP contribution in [-0.2, 0) is 13.3 Å². The van der Waals surface area contributed by atoms with Gasteiger partial charge in [0.25, 0.3) is 0 Å². The molecule has 0 aliphatic heterocycles. The first-order valence-corrected chi connectivity index (χ1v) is 9.58. The molecule has 108 valence electrons. The number of hydrogen-bond donors (Lipinski definition) is 0. The highest BCUT2D eigenvalue weighted by molar-refractivity contribution is 6.60. The monoisotopic (exact) mass is 290 g/mol. The van der Waals surface area contributed by atoms with Crippen LogP contribution in [0, 0.1) is 0 Å². The van der Waals surface area contributed by atoms with E-state index in [1.807, 2.05) is 11.8 Å². The van der Waals surface area contributed by atoms with E-state index in [0.717, 1.165) is 29.1 Å². The largest absolute Gasteiger partial charge is 0.500 e. The molecule has 0 heterocycles. The van der Waals surface area contributed by atoms with Crippen LogP contribution in [0.4, 0.5) is 0 Å². The Hall–Kier alpha value is -0.206. The fourth-order valence-corrected chi connectivity index (χ4v) is 3.34. The summed E-state index contributed by atoms with van der Waals surface area (Å²) in [5.74, 6) is 0. The minimum absolute atomic E-state index is 0.907. The van der Waals surface area contributed by atoms with Crippen LogP contribution >= 0.6 is 0 Å². The summed E-state index contributed by atoms with van der Waals surface area (Å²) in [4.78, 5) is 0. The van der Waals surface area contributed by atoms with Crippen molar-refractivity contribution in [2.24, 2.45) is 0 Å². The quantitative estimate of drug-likeness (QED) is 0.351. The van der Waals surface area contributed by atoms with Crippen LogP contribution < -0.4 is 0 Å². The van der Waals surface area contributed by atoms with Gasteiger partial charge < -0.3 is 13.3 Å². The molecule has 0 aliphatic carbocycles. The Kier molecular flexibility index (Phi) is 16.6. The van der Waals surface area contributed by atoms with Gasteiger partial charge in [-0.1, -0.05) is 18.9 Å². The summed E-state index contributed by atoms with van der Waals surface area (Å²) in [5, 5.41) is 0. The highest BCUT2D eigenvalue weighted by Crippen LogP contribution is 2.17. The Morgan fingerprint density at radius 3 is 1.78 bits per heavy atom. The molecule has 0 fully saturated rings. The lowest BCUT2D eigenvalue weighted by Gasteiger charge is -2.24. The van der Waals surface area contributed by atoms with E-state index >= 15 is 0 Å². The molecule has 0 unspecified atom stereocenters. The molecule has 0 atom stereocenters. The van der Waals surface area contributed by atoms with Crippen molar-refractivity contribution in [2.45, 2.75) is 38.1 Å². The average molecular weight is 291 g/mol. The van der Waals surface area contributed by atoms with Gasteiger partial charge in [-0.15, -0.1) is 18.9 Å². The van der Waals surface area contributed by atoms with E-state index in [-0.39, 0.29) is 0 Å². The molecule has 0 spiro atoms. The standard InChI is InChI=1S/C11H24O3Si.C2H6Si/c1-5-6-7-8-9-10-11-15(12-2,13-3)14-4;1-2-3/h5H,1,6-11H2,2-4H3;2H,1H2,3H3. The first kappa shape index (κ1) is 20.1. The van der Waals surface area contributed by atoms with E-state index in [9.17, 15) is 0 Å². The fraction of sp³-hybridized carbons (Fsp3) is 0.692. The topological polar surface area (TPSA) is 27.7 Å². The molecular formula is C13H30O3Si2. The maximum absolute atomic E-state index is 5.34. The zero-order valence-corrected chi connectivity index (χ0v) is 15.5. The lowest BCUT2D eigenvalue weighted by Crippen LogP contribution is -2.42. The van der Waals surface area contributed by atoms with Crippen molar-refractivity contribution >= 4 is 19.0 Å². The predicted octanol–water partition coefficient (Wildman–Crippen LogP) is 2.50. The summed E-state index contributed by atoms with van der Waals surface area (Å²) in [6.45, 7) is 7.13. The van der Waals surface area contributed by atoms with Crippen molar-refractivity contribution in [1.29, 1.82) is 0 Å². The Labute approximate surface area is 117 Å². The molecule has 3 nitrogen and oxygen atoms in total. The number of unbranched alkanes of at least 4 members (excludes halogenated alkanes) is 4. The van der Waals surface area contributed by atoms with Gasteiger partial charge in [-0.3, -0.25) is 0 Å². The van der Waals surface area contributed by atoms with Crippen molar-refractivity contribution in [3.63, 3.8) is 0 Å². The molecule has 0 rings (SSSR count). The van der Waals surface area contributed by atoms with Gasteiger partial charge in [-0.05, 0) is 19.3 Å². The van der Waals surface area contributed by atoms with Gasteiger partial charge in [-0.2, -0.15) is 0 Å². The van der Waals surface area contributed by atoms with Crippen molar-refractivity contribution in [3.05, 3.63) is 24.9 Å². The molecule has 0 bridgehead atoms. The van der Waals surface area contributed by atoms with Crippen LogP contribution in [0.2, 0.25) is 6.04 Å². The van der Waals surface area contributed by atoms with Crippen molar-refractivity contribution in [1.82, 2.24) is 0 Å². The molecule has 0 aromatic rings. The molecule has 0 aromatic heterocycles. The molecule has 0 radical (unpaired) electrons. The highest BCUT2D eigenvalue weighted by Gasteiger charge is 2.36. The van der Waals surface area contributed by atoms with E-state index in [1.165, 1.54) is 19.3 Å². The highest BCUT2D eigenvalue weighted by atomic mass is 28.4. The minimum Gasteiger partial charge on any atom is -0.377 e. The van der Waals surface area contributed by atoms with Crippen molar-refractivity contribution in [3.8, 4) is 0 Å².